The van der Waals surface area contributed by atoms with Crippen molar-refractivity contribution in [3.63, 3.8) is 0 Å². The van der Waals surface area contributed by atoms with E-state index >= 15 is 0 Å². The molecule has 0 saturated carbocycles. The highest BCUT2D eigenvalue weighted by Gasteiger charge is 2.09. The number of carbonyl (C=O) groups is 1. The van der Waals surface area contributed by atoms with E-state index in [4.69, 9.17) is 5.73 Å². The zero-order valence-corrected chi connectivity index (χ0v) is 14.8. The Morgan fingerprint density at radius 1 is 0.962 bits per heavy atom. The first-order chi connectivity index (χ1) is 12.8. The van der Waals surface area contributed by atoms with Gasteiger partial charge in [-0.25, -0.2) is 4.99 Å². The van der Waals surface area contributed by atoms with Crippen molar-refractivity contribution in [2.45, 2.75) is 0 Å². The molecule has 26 heavy (non-hydrogen) atoms. The minimum Gasteiger partial charge on any atom is -0.364 e. The van der Waals surface area contributed by atoms with Crippen LogP contribution in [0.5, 0.6) is 0 Å². The van der Waals surface area contributed by atoms with Crippen molar-refractivity contribution in [2.24, 2.45) is 15.7 Å². The molecule has 5 heteroatoms. The molecule has 0 atom stereocenters. The second-order valence-corrected chi connectivity index (χ2v) is 6.11. The summed E-state index contributed by atoms with van der Waals surface area (Å²) < 4.78 is 0. The smallest absolute Gasteiger partial charge is 0.267 e. The zero-order chi connectivity index (χ0) is 18.2. The molecule has 1 amide bonds. The lowest BCUT2D eigenvalue weighted by Gasteiger charge is -1.97. The monoisotopic (exact) mass is 359 g/mol. The number of amides is 1. The van der Waals surface area contributed by atoms with Gasteiger partial charge in [0.2, 0.25) is 0 Å². The summed E-state index contributed by atoms with van der Waals surface area (Å²) in [5.41, 5.74) is 7.40. The lowest BCUT2D eigenvalue weighted by Crippen LogP contribution is -2.21. The average molecular weight is 359 g/mol. The van der Waals surface area contributed by atoms with Crippen LogP contribution in [0.2, 0.25) is 0 Å². The quantitative estimate of drug-likeness (QED) is 0.838. The molecule has 2 aliphatic rings. The van der Waals surface area contributed by atoms with E-state index in [0.717, 1.165) is 21.8 Å². The third-order valence-corrected chi connectivity index (χ3v) is 4.24. The predicted octanol–water partition coefficient (Wildman–Crippen LogP) is 2.68. The fourth-order valence-electron chi connectivity index (χ4n) is 2.37. The number of fused-ring (bicyclic) bond motifs is 2. The molecule has 2 aliphatic heterocycles. The maximum Gasteiger partial charge on any atom is 0.267 e. The Balaban J connectivity index is 2.08. The number of rotatable bonds is 1. The van der Waals surface area contributed by atoms with Crippen molar-refractivity contribution in [2.75, 3.05) is 0 Å². The largest absolute Gasteiger partial charge is 0.364 e. The molecule has 1 aromatic rings. The molecule has 1 aromatic carbocycles. The molecule has 0 bridgehead atoms. The number of nitrogens with two attached hydrogens (primary N) is 1. The summed E-state index contributed by atoms with van der Waals surface area (Å²) in [6.07, 6.45) is 16.2. The highest BCUT2D eigenvalue weighted by atomic mass is 32.2. The Hall–Kier alpha value is -3.18. The number of benzene rings is 1. The van der Waals surface area contributed by atoms with E-state index < -0.39 is 5.91 Å². The van der Waals surface area contributed by atoms with Crippen molar-refractivity contribution >= 4 is 29.0 Å². The van der Waals surface area contributed by atoms with Gasteiger partial charge in [0.1, 0.15) is 5.71 Å². The van der Waals surface area contributed by atoms with Gasteiger partial charge in [0, 0.05) is 22.4 Å². The van der Waals surface area contributed by atoms with Gasteiger partial charge >= 0.3 is 0 Å². The summed E-state index contributed by atoms with van der Waals surface area (Å²) in [5, 5.41) is 5.94. The summed E-state index contributed by atoms with van der Waals surface area (Å²) in [6, 6.07) is 7.93. The fraction of sp³-hybridized carbons (Fsp3) is 0. The van der Waals surface area contributed by atoms with Crippen LogP contribution in [0.15, 0.2) is 106 Å². The number of allylic oxidation sites excluding steroid dienone is 7. The second-order valence-electron chi connectivity index (χ2n) is 5.33. The van der Waals surface area contributed by atoms with E-state index in [0.29, 0.717) is 0 Å². The number of hydrogen-bond donors (Lipinski definition) is 1. The van der Waals surface area contributed by atoms with Crippen LogP contribution in [0.25, 0.3) is 5.57 Å². The first-order valence-corrected chi connectivity index (χ1v) is 8.95. The molecular formula is C21H17N3OS. The predicted molar refractivity (Wildman–Crippen MR) is 109 cm³/mol. The first-order valence-electron chi connectivity index (χ1n) is 8.00. The molecule has 2 N–H and O–H groups in total. The van der Waals surface area contributed by atoms with Crippen molar-refractivity contribution < 1.29 is 4.79 Å². The number of hydrogen-bond acceptors (Lipinski definition) is 4. The molecule has 128 valence electrons. The minimum absolute atomic E-state index is 0.186. The van der Waals surface area contributed by atoms with Crippen LogP contribution in [0.4, 0.5) is 0 Å². The molecule has 0 unspecified atom stereocenters. The molecule has 0 aromatic heterocycles. The van der Waals surface area contributed by atoms with E-state index in [-0.39, 0.29) is 5.71 Å². The van der Waals surface area contributed by atoms with Crippen molar-refractivity contribution in [3.8, 4) is 0 Å². The lowest BCUT2D eigenvalue weighted by molar-refractivity contribution is -0.111. The van der Waals surface area contributed by atoms with Crippen LogP contribution in [-0.4, -0.2) is 11.6 Å². The molecule has 0 saturated heterocycles. The maximum atomic E-state index is 11.5. The fourth-order valence-corrected chi connectivity index (χ4v) is 2.94. The number of para-hydroxylation sites is 1. The van der Waals surface area contributed by atoms with E-state index in [2.05, 4.69) is 9.98 Å². The second kappa shape index (κ2) is 8.78. The van der Waals surface area contributed by atoms with E-state index in [1.54, 1.807) is 30.1 Å². The van der Waals surface area contributed by atoms with Crippen LogP contribution in [0.3, 0.4) is 0 Å². The van der Waals surface area contributed by atoms with Gasteiger partial charge in [0.05, 0.1) is 11.1 Å². The van der Waals surface area contributed by atoms with Gasteiger partial charge in [-0.3, -0.25) is 9.79 Å². The lowest BCUT2D eigenvalue weighted by atomic mass is 10.1. The number of aliphatic imine (C=N–C) groups is 1. The molecule has 0 radical (unpaired) electrons. The molecule has 3 rings (SSSR count). The number of primary amides is 1. The Bertz CT molecular complexity index is 1040. The van der Waals surface area contributed by atoms with Gasteiger partial charge < -0.3 is 5.73 Å². The van der Waals surface area contributed by atoms with Crippen molar-refractivity contribution in [3.05, 3.63) is 106 Å². The van der Waals surface area contributed by atoms with Crippen molar-refractivity contribution in [1.29, 1.82) is 0 Å². The molecule has 4 nitrogen and oxygen atoms in total. The van der Waals surface area contributed by atoms with Crippen LogP contribution in [0.1, 0.15) is 0 Å². The van der Waals surface area contributed by atoms with E-state index in [9.17, 15) is 4.79 Å². The normalized spacial score (nSPS) is 16.5. The van der Waals surface area contributed by atoms with Gasteiger partial charge in [-0.15, -0.1) is 11.8 Å². The first kappa shape index (κ1) is 17.6. The average Bonchev–Trinajstić information content (AvgIpc) is 2.98. The third-order valence-electron chi connectivity index (χ3n) is 3.56. The standard InChI is InChI=1S/C21H17N3OS/c22-21(25)19-11-5-3-1-2-4-8-14-26-15-20-17(12-13-23-19)16-9-6-7-10-18(16)24-20/h1-15H,(H2,22,25). The SMILES string of the molecule is NC(=O)C1=NC=CC2=c3ccccc3=NC2=CSC=CC=CC=CC=C1. The van der Waals surface area contributed by atoms with E-state index in [1.807, 2.05) is 71.5 Å². The van der Waals surface area contributed by atoms with Crippen LogP contribution in [-0.2, 0) is 4.79 Å². The molecule has 0 fully saturated rings. The molecular weight excluding hydrogens is 342 g/mol. The van der Waals surface area contributed by atoms with Gasteiger partial charge in [-0.1, -0.05) is 54.7 Å². The summed E-state index contributed by atoms with van der Waals surface area (Å²) in [6.45, 7) is 0. The summed E-state index contributed by atoms with van der Waals surface area (Å²) in [4.78, 5) is 20.4. The van der Waals surface area contributed by atoms with Crippen LogP contribution in [0, 0.1) is 0 Å². The topological polar surface area (TPSA) is 67.8 Å². The third kappa shape index (κ3) is 4.46. The van der Waals surface area contributed by atoms with Gasteiger partial charge in [0.25, 0.3) is 5.91 Å². The summed E-state index contributed by atoms with van der Waals surface area (Å²) in [7, 11) is 0. The minimum atomic E-state index is -0.577. The number of thioether (sulfide) groups is 1. The summed E-state index contributed by atoms with van der Waals surface area (Å²) >= 11 is 1.55. The van der Waals surface area contributed by atoms with E-state index in [1.165, 1.54) is 0 Å². The number of nitrogens with zero attached hydrogens (tertiary/aromatic N) is 2. The molecule has 0 aliphatic carbocycles. The van der Waals surface area contributed by atoms with Gasteiger partial charge in [-0.05, 0) is 23.6 Å². The highest BCUT2D eigenvalue weighted by molar-refractivity contribution is 8.04. The summed E-state index contributed by atoms with van der Waals surface area (Å²) in [5.74, 6) is -0.577. The van der Waals surface area contributed by atoms with Gasteiger partial charge in [0.15, 0.2) is 0 Å². The Kier molecular flexibility index (Phi) is 5.96. The maximum absolute atomic E-state index is 11.5. The van der Waals surface area contributed by atoms with Crippen molar-refractivity contribution in [1.82, 2.24) is 0 Å². The molecule has 2 heterocycles. The number of carbonyl (C=O) groups excluding carboxylic acids is 1. The Morgan fingerprint density at radius 3 is 2.58 bits per heavy atom. The van der Waals surface area contributed by atoms with Crippen LogP contribution < -0.4 is 16.3 Å². The zero-order valence-electron chi connectivity index (χ0n) is 13.9. The van der Waals surface area contributed by atoms with Crippen LogP contribution >= 0.6 is 11.8 Å². The van der Waals surface area contributed by atoms with Gasteiger partial charge in [-0.2, -0.15) is 0 Å². The molecule has 0 spiro atoms. The highest BCUT2D eigenvalue weighted by Crippen LogP contribution is 2.20. The Morgan fingerprint density at radius 2 is 1.73 bits per heavy atom. The Labute approximate surface area is 155 Å².